The normalized spacial score (nSPS) is 18.3. The third kappa shape index (κ3) is 6.43. The fourth-order valence-electron chi connectivity index (χ4n) is 12.5. The topological polar surface area (TPSA) is 28.9 Å². The average Bonchev–Trinajstić information content (AvgIpc) is 3.99. The first-order valence-electron chi connectivity index (χ1n) is 25.1. The van der Waals surface area contributed by atoms with Crippen molar-refractivity contribution in [2.24, 2.45) is 5.92 Å². The summed E-state index contributed by atoms with van der Waals surface area (Å²) < 4.78 is 13.9. The summed E-state index contributed by atoms with van der Waals surface area (Å²) in [6.45, 7) is 4.42. The molecule has 4 nitrogen and oxygen atoms in total. The Morgan fingerprint density at radius 1 is 0.600 bits per heavy atom. The van der Waals surface area contributed by atoms with Gasteiger partial charge in [-0.1, -0.05) is 163 Å². The lowest BCUT2D eigenvalue weighted by Gasteiger charge is -2.40. The van der Waals surface area contributed by atoms with Crippen molar-refractivity contribution in [3.05, 3.63) is 250 Å². The van der Waals surface area contributed by atoms with E-state index in [9.17, 15) is 0 Å². The van der Waals surface area contributed by atoms with E-state index < -0.39 is 0 Å². The highest BCUT2D eigenvalue weighted by atomic mass is 16.5. The molecule has 0 fully saturated rings. The molecule has 4 heteroatoms. The van der Waals surface area contributed by atoms with Gasteiger partial charge < -0.3 is 19.0 Å². The highest BCUT2D eigenvalue weighted by molar-refractivity contribution is 6.22. The molecule has 14 rings (SSSR count). The SMILES string of the molecule is Cc1cccc(C2=c3ccc4c(N(C5=C6OC7=C(C=CCC7)C6CC=C5)c5ccccc5)cc(-c5cccc(C)c5)c5ccc(c3c54)C(N(C3=CC=CCC3)c3cccc4c3oc3ccccc34)C2)c1. The molecule has 70 heavy (non-hydrogen) atoms. The third-order valence-electron chi connectivity index (χ3n) is 15.6. The number of nitrogens with zero attached hydrogens (tertiary/aromatic N) is 2. The van der Waals surface area contributed by atoms with E-state index in [0.29, 0.717) is 0 Å². The van der Waals surface area contributed by atoms with Gasteiger partial charge in [0.2, 0.25) is 0 Å². The van der Waals surface area contributed by atoms with Crippen molar-refractivity contribution >= 4 is 66.1 Å². The van der Waals surface area contributed by atoms with Gasteiger partial charge >= 0.3 is 0 Å². The van der Waals surface area contributed by atoms with Gasteiger partial charge in [-0.15, -0.1) is 0 Å². The first-order valence-corrected chi connectivity index (χ1v) is 25.1. The summed E-state index contributed by atoms with van der Waals surface area (Å²) in [5.41, 5.74) is 17.8. The van der Waals surface area contributed by atoms with Gasteiger partial charge in [0.1, 0.15) is 17.1 Å². The van der Waals surface area contributed by atoms with Crippen LogP contribution in [-0.2, 0) is 4.74 Å². The van der Waals surface area contributed by atoms with Crippen LogP contribution in [0.5, 0.6) is 0 Å². The standard InChI is InChI=1S/C66H52N2O2/c1-41-17-13-19-43(37-41)55-39-59(67(45-21-5-3-6-22-45)57-29-15-27-51-47-25-9-11-31-61(47)69-65(51)57)53-36-34-50-56(44-20-14-18-42(2)38-44)40-60(54-35-33-49(55)63(53)64(50)54)68(46-23-7-4-8-24-46)58-30-16-28-52-48-26-10-12-32-62(48)70-66(52)58/h3-7,9-10,12-23,25-26,28-30,32-39,51,60H,8,11,24,27,31,40H2,1-2H3. The molecule has 0 bridgehead atoms. The Balaban J connectivity index is 1.10. The van der Waals surface area contributed by atoms with Crippen molar-refractivity contribution in [1.29, 1.82) is 0 Å². The van der Waals surface area contributed by atoms with Crippen LogP contribution in [0.15, 0.2) is 227 Å². The first-order chi connectivity index (χ1) is 34.6. The minimum absolute atomic E-state index is 0.0461. The smallest absolute Gasteiger partial charge is 0.159 e. The van der Waals surface area contributed by atoms with E-state index in [0.717, 1.165) is 94.7 Å². The number of para-hydroxylation sites is 3. The van der Waals surface area contributed by atoms with Crippen LogP contribution in [0.2, 0.25) is 0 Å². The Morgan fingerprint density at radius 2 is 1.39 bits per heavy atom. The second-order valence-corrected chi connectivity index (χ2v) is 19.8. The van der Waals surface area contributed by atoms with Crippen molar-refractivity contribution in [2.45, 2.75) is 58.4 Å². The molecule has 2 atom stereocenters. The highest BCUT2D eigenvalue weighted by Crippen LogP contribution is 2.53. The van der Waals surface area contributed by atoms with Crippen molar-refractivity contribution < 1.29 is 9.15 Å². The molecule has 338 valence electrons. The number of hydrogen-bond donors (Lipinski definition) is 0. The summed E-state index contributed by atoms with van der Waals surface area (Å²) in [7, 11) is 0. The van der Waals surface area contributed by atoms with Crippen molar-refractivity contribution in [2.75, 3.05) is 9.80 Å². The fraction of sp³-hybridized carbons (Fsp3) is 0.152. The van der Waals surface area contributed by atoms with Crippen LogP contribution in [-0.4, -0.2) is 0 Å². The average molecular weight is 905 g/mol. The molecular formula is C66H52N2O2. The van der Waals surface area contributed by atoms with E-state index in [2.05, 4.69) is 218 Å². The molecule has 0 saturated carbocycles. The lowest BCUT2D eigenvalue weighted by molar-refractivity contribution is 0.287. The Bertz CT molecular complexity index is 3910. The summed E-state index contributed by atoms with van der Waals surface area (Å²) in [5, 5.41) is 8.65. The number of allylic oxidation sites excluding steroid dienone is 10. The second kappa shape index (κ2) is 16.3. The zero-order valence-electron chi connectivity index (χ0n) is 39.6. The maximum atomic E-state index is 7.03. The summed E-state index contributed by atoms with van der Waals surface area (Å²) in [6, 6.07) is 56.5. The van der Waals surface area contributed by atoms with Gasteiger partial charge in [0.05, 0.1) is 29.0 Å². The monoisotopic (exact) mass is 904 g/mol. The van der Waals surface area contributed by atoms with Gasteiger partial charge in [-0.2, -0.15) is 0 Å². The quantitative estimate of drug-likeness (QED) is 0.152. The maximum Gasteiger partial charge on any atom is 0.159 e. The predicted octanol–water partition coefficient (Wildman–Crippen LogP) is 16.8. The molecule has 4 aliphatic carbocycles. The molecule has 1 aliphatic heterocycles. The maximum absolute atomic E-state index is 7.03. The Kier molecular flexibility index (Phi) is 9.52. The molecule has 1 aromatic heterocycles. The molecule has 0 amide bonds. The van der Waals surface area contributed by atoms with Crippen LogP contribution in [0.4, 0.5) is 17.1 Å². The summed E-state index contributed by atoms with van der Waals surface area (Å²) in [6.07, 6.45) is 21.8. The van der Waals surface area contributed by atoms with Gasteiger partial charge in [0, 0.05) is 39.5 Å². The minimum Gasteiger partial charge on any atom is -0.463 e. The first kappa shape index (κ1) is 40.9. The highest BCUT2D eigenvalue weighted by Gasteiger charge is 2.38. The number of aryl methyl sites for hydroxylation is 2. The van der Waals surface area contributed by atoms with E-state index >= 15 is 0 Å². The number of benzene rings is 8. The number of fused-ring (bicyclic) bond motifs is 5. The van der Waals surface area contributed by atoms with E-state index in [4.69, 9.17) is 9.15 Å². The van der Waals surface area contributed by atoms with Crippen molar-refractivity contribution in [1.82, 2.24) is 0 Å². The van der Waals surface area contributed by atoms with Crippen LogP contribution in [0.25, 0.3) is 60.2 Å². The fourth-order valence-corrected chi connectivity index (χ4v) is 12.5. The molecular weight excluding hydrogens is 853 g/mol. The molecule has 0 radical (unpaired) electrons. The lowest BCUT2D eigenvalue weighted by atomic mass is 9.79. The van der Waals surface area contributed by atoms with Gasteiger partial charge in [-0.3, -0.25) is 0 Å². The van der Waals surface area contributed by atoms with Gasteiger partial charge in [-0.05, 0) is 138 Å². The molecule has 5 aliphatic rings. The molecule has 9 aromatic rings. The number of hydrogen-bond acceptors (Lipinski definition) is 4. The second-order valence-electron chi connectivity index (χ2n) is 19.8. The Hall–Kier alpha value is -8.08. The number of furan rings is 1. The molecule has 2 unspecified atom stereocenters. The Labute approximate surface area is 408 Å². The lowest BCUT2D eigenvalue weighted by Crippen LogP contribution is -2.33. The van der Waals surface area contributed by atoms with E-state index in [1.807, 2.05) is 0 Å². The van der Waals surface area contributed by atoms with E-state index in [1.54, 1.807) is 0 Å². The molecule has 0 saturated heterocycles. The van der Waals surface area contributed by atoms with E-state index in [1.165, 1.54) is 77.0 Å². The van der Waals surface area contributed by atoms with Crippen molar-refractivity contribution in [3.63, 3.8) is 0 Å². The zero-order chi connectivity index (χ0) is 46.5. The zero-order valence-corrected chi connectivity index (χ0v) is 39.6. The van der Waals surface area contributed by atoms with Crippen LogP contribution in [0.1, 0.15) is 66.8 Å². The van der Waals surface area contributed by atoms with Gasteiger partial charge in [-0.25, -0.2) is 0 Å². The van der Waals surface area contributed by atoms with Gasteiger partial charge in [0.25, 0.3) is 0 Å². The van der Waals surface area contributed by atoms with E-state index in [-0.39, 0.29) is 12.0 Å². The summed E-state index contributed by atoms with van der Waals surface area (Å²) in [4.78, 5) is 5.15. The number of ether oxygens (including phenoxy) is 1. The molecule has 2 heterocycles. The predicted molar refractivity (Wildman–Crippen MR) is 290 cm³/mol. The summed E-state index contributed by atoms with van der Waals surface area (Å²) in [5.74, 6) is 2.36. The van der Waals surface area contributed by atoms with Crippen LogP contribution < -0.4 is 15.0 Å². The Morgan fingerprint density at radius 3 is 2.24 bits per heavy atom. The van der Waals surface area contributed by atoms with Crippen LogP contribution in [0.3, 0.4) is 0 Å². The summed E-state index contributed by atoms with van der Waals surface area (Å²) >= 11 is 0. The number of rotatable bonds is 8. The molecule has 0 N–H and O–H groups in total. The largest absolute Gasteiger partial charge is 0.463 e. The van der Waals surface area contributed by atoms with Crippen molar-refractivity contribution in [3.8, 4) is 11.1 Å². The third-order valence-corrected chi connectivity index (χ3v) is 15.6. The van der Waals surface area contributed by atoms with Crippen LogP contribution in [0, 0.1) is 19.8 Å². The molecule has 8 aromatic carbocycles. The van der Waals surface area contributed by atoms with Gasteiger partial charge in [0.15, 0.2) is 5.58 Å². The van der Waals surface area contributed by atoms with Crippen LogP contribution >= 0.6 is 0 Å². The molecule has 0 spiro atoms. The minimum atomic E-state index is -0.0461. The number of anilines is 3.